The first kappa shape index (κ1) is 13.1. The summed E-state index contributed by atoms with van der Waals surface area (Å²) in [5.41, 5.74) is 3.48. The fraction of sp³-hybridized carbons (Fsp3) is 0.188. The molecule has 1 aliphatic heterocycles. The van der Waals surface area contributed by atoms with Crippen LogP contribution in [0, 0.1) is 21.4 Å². The van der Waals surface area contributed by atoms with Crippen molar-refractivity contribution in [3.05, 3.63) is 69.3 Å². The lowest BCUT2D eigenvalue weighted by atomic mass is 9.99. The molecular weight excluding hydrogens is 266 g/mol. The summed E-state index contributed by atoms with van der Waals surface area (Å²) in [6, 6.07) is 14.7. The predicted octanol–water partition coefficient (Wildman–Crippen LogP) is 3.03. The number of anilines is 1. The van der Waals surface area contributed by atoms with E-state index < -0.39 is 4.92 Å². The van der Waals surface area contributed by atoms with E-state index in [0.717, 1.165) is 6.42 Å². The molecule has 2 aromatic carbocycles. The SMILES string of the molecule is N#Cc1ccc([N+](=O)[O-])c(N2CCc3ccccc3C2)c1. The van der Waals surface area contributed by atoms with Gasteiger partial charge in [0.2, 0.25) is 0 Å². The molecule has 104 valence electrons. The Morgan fingerprint density at radius 3 is 2.67 bits per heavy atom. The zero-order valence-electron chi connectivity index (χ0n) is 11.3. The molecule has 5 heteroatoms. The molecule has 0 saturated heterocycles. The number of nitriles is 1. The normalized spacial score (nSPS) is 13.4. The van der Waals surface area contributed by atoms with Gasteiger partial charge in [-0.1, -0.05) is 24.3 Å². The Labute approximate surface area is 122 Å². The van der Waals surface area contributed by atoms with Crippen LogP contribution < -0.4 is 4.90 Å². The number of nitro groups is 1. The van der Waals surface area contributed by atoms with Crippen molar-refractivity contribution >= 4 is 11.4 Å². The van der Waals surface area contributed by atoms with Gasteiger partial charge < -0.3 is 4.90 Å². The summed E-state index contributed by atoms with van der Waals surface area (Å²) in [5.74, 6) is 0. The third kappa shape index (κ3) is 2.43. The van der Waals surface area contributed by atoms with Gasteiger partial charge in [0.05, 0.1) is 16.6 Å². The molecule has 0 saturated carbocycles. The van der Waals surface area contributed by atoms with E-state index in [1.165, 1.54) is 23.3 Å². The standard InChI is InChI=1S/C16H13N3O2/c17-10-12-5-6-15(19(20)21)16(9-12)18-8-7-13-3-1-2-4-14(13)11-18/h1-6,9H,7-8,11H2. The summed E-state index contributed by atoms with van der Waals surface area (Å²) in [6.45, 7) is 1.35. The highest BCUT2D eigenvalue weighted by atomic mass is 16.6. The first-order chi connectivity index (χ1) is 10.2. The fourth-order valence-electron chi connectivity index (χ4n) is 2.70. The molecule has 2 aromatic rings. The summed E-state index contributed by atoms with van der Waals surface area (Å²) in [4.78, 5) is 12.8. The van der Waals surface area contributed by atoms with Gasteiger partial charge in [0.15, 0.2) is 0 Å². The van der Waals surface area contributed by atoms with Crippen molar-refractivity contribution in [2.45, 2.75) is 13.0 Å². The van der Waals surface area contributed by atoms with Gasteiger partial charge in [0.25, 0.3) is 5.69 Å². The Bertz CT molecular complexity index is 749. The Morgan fingerprint density at radius 1 is 1.19 bits per heavy atom. The molecule has 1 heterocycles. The number of benzene rings is 2. The van der Waals surface area contributed by atoms with Gasteiger partial charge in [-0.25, -0.2) is 0 Å². The predicted molar refractivity (Wildman–Crippen MR) is 79.0 cm³/mol. The van der Waals surface area contributed by atoms with Crippen LogP contribution in [-0.2, 0) is 13.0 Å². The Balaban J connectivity index is 2.01. The van der Waals surface area contributed by atoms with Crippen molar-refractivity contribution in [3.63, 3.8) is 0 Å². The van der Waals surface area contributed by atoms with Gasteiger partial charge in [0, 0.05) is 19.2 Å². The molecule has 0 atom stereocenters. The largest absolute Gasteiger partial charge is 0.361 e. The molecule has 0 bridgehead atoms. The summed E-state index contributed by atoms with van der Waals surface area (Å²) < 4.78 is 0. The lowest BCUT2D eigenvalue weighted by Gasteiger charge is -2.30. The van der Waals surface area contributed by atoms with Crippen LogP contribution in [0.4, 0.5) is 11.4 Å². The highest BCUT2D eigenvalue weighted by Crippen LogP contribution is 2.32. The highest BCUT2D eigenvalue weighted by molar-refractivity contribution is 5.66. The minimum atomic E-state index is -0.392. The molecule has 0 aromatic heterocycles. The maximum Gasteiger partial charge on any atom is 0.292 e. The molecule has 0 radical (unpaired) electrons. The monoisotopic (exact) mass is 279 g/mol. The van der Waals surface area contributed by atoms with Crippen molar-refractivity contribution in [1.29, 1.82) is 5.26 Å². The minimum absolute atomic E-state index is 0.0494. The van der Waals surface area contributed by atoms with Gasteiger partial charge in [-0.2, -0.15) is 5.26 Å². The minimum Gasteiger partial charge on any atom is -0.361 e. The van der Waals surface area contributed by atoms with Crippen molar-refractivity contribution in [2.24, 2.45) is 0 Å². The Hall–Kier alpha value is -2.87. The molecule has 1 aliphatic rings. The van der Waals surface area contributed by atoms with Gasteiger partial charge >= 0.3 is 0 Å². The highest BCUT2D eigenvalue weighted by Gasteiger charge is 2.23. The van der Waals surface area contributed by atoms with Crippen LogP contribution in [-0.4, -0.2) is 11.5 Å². The summed E-state index contributed by atoms with van der Waals surface area (Å²) >= 11 is 0. The number of rotatable bonds is 2. The van der Waals surface area contributed by atoms with Crippen molar-refractivity contribution in [2.75, 3.05) is 11.4 Å². The summed E-state index contributed by atoms with van der Waals surface area (Å²) in [7, 11) is 0. The Morgan fingerprint density at radius 2 is 1.95 bits per heavy atom. The van der Waals surface area contributed by atoms with Crippen LogP contribution in [0.25, 0.3) is 0 Å². The third-order valence-corrected chi connectivity index (χ3v) is 3.77. The Kier molecular flexibility index (Phi) is 3.28. The summed E-state index contributed by atoms with van der Waals surface area (Å²) in [6.07, 6.45) is 0.851. The van der Waals surface area contributed by atoms with Gasteiger partial charge in [-0.3, -0.25) is 10.1 Å². The first-order valence-corrected chi connectivity index (χ1v) is 6.69. The van der Waals surface area contributed by atoms with E-state index in [9.17, 15) is 10.1 Å². The smallest absolute Gasteiger partial charge is 0.292 e. The maximum absolute atomic E-state index is 11.2. The number of hydrogen-bond acceptors (Lipinski definition) is 4. The summed E-state index contributed by atoms with van der Waals surface area (Å²) in [5, 5.41) is 20.2. The second kappa shape index (κ2) is 5.25. The van der Waals surface area contributed by atoms with Crippen LogP contribution in [0.1, 0.15) is 16.7 Å². The lowest BCUT2D eigenvalue weighted by Crippen LogP contribution is -2.30. The second-order valence-corrected chi connectivity index (χ2v) is 5.01. The lowest BCUT2D eigenvalue weighted by molar-refractivity contribution is -0.384. The van der Waals surface area contributed by atoms with Crippen LogP contribution in [0.3, 0.4) is 0 Å². The quantitative estimate of drug-likeness (QED) is 0.625. The van der Waals surface area contributed by atoms with Crippen LogP contribution >= 0.6 is 0 Å². The van der Waals surface area contributed by atoms with E-state index in [-0.39, 0.29) is 5.69 Å². The van der Waals surface area contributed by atoms with Gasteiger partial charge in [0.1, 0.15) is 5.69 Å². The fourth-order valence-corrected chi connectivity index (χ4v) is 2.70. The van der Waals surface area contributed by atoms with E-state index in [2.05, 4.69) is 6.07 Å². The van der Waals surface area contributed by atoms with E-state index in [4.69, 9.17) is 5.26 Å². The molecule has 0 fully saturated rings. The van der Waals surface area contributed by atoms with Crippen LogP contribution in [0.5, 0.6) is 0 Å². The van der Waals surface area contributed by atoms with Crippen molar-refractivity contribution in [3.8, 4) is 6.07 Å². The number of nitrogens with zero attached hydrogens (tertiary/aromatic N) is 3. The average molecular weight is 279 g/mol. The number of nitro benzene ring substituents is 1. The molecular formula is C16H13N3O2. The van der Waals surface area contributed by atoms with Gasteiger partial charge in [-0.15, -0.1) is 0 Å². The second-order valence-electron chi connectivity index (χ2n) is 5.01. The molecule has 3 rings (SSSR count). The van der Waals surface area contributed by atoms with E-state index in [1.54, 1.807) is 6.07 Å². The molecule has 0 aliphatic carbocycles. The van der Waals surface area contributed by atoms with Crippen molar-refractivity contribution < 1.29 is 4.92 Å². The van der Waals surface area contributed by atoms with Crippen molar-refractivity contribution in [1.82, 2.24) is 0 Å². The molecule has 21 heavy (non-hydrogen) atoms. The van der Waals surface area contributed by atoms with E-state index in [0.29, 0.717) is 24.3 Å². The van der Waals surface area contributed by atoms with E-state index in [1.807, 2.05) is 29.2 Å². The molecule has 0 spiro atoms. The third-order valence-electron chi connectivity index (χ3n) is 3.77. The zero-order valence-corrected chi connectivity index (χ0v) is 11.3. The topological polar surface area (TPSA) is 70.2 Å². The van der Waals surface area contributed by atoms with E-state index >= 15 is 0 Å². The zero-order chi connectivity index (χ0) is 14.8. The van der Waals surface area contributed by atoms with Crippen LogP contribution in [0.15, 0.2) is 42.5 Å². The molecule has 0 amide bonds. The number of fused-ring (bicyclic) bond motifs is 1. The van der Waals surface area contributed by atoms with Gasteiger partial charge in [-0.05, 0) is 29.7 Å². The molecule has 5 nitrogen and oxygen atoms in total. The van der Waals surface area contributed by atoms with Crippen LogP contribution in [0.2, 0.25) is 0 Å². The first-order valence-electron chi connectivity index (χ1n) is 6.69. The number of hydrogen-bond donors (Lipinski definition) is 0. The maximum atomic E-state index is 11.2. The average Bonchev–Trinajstić information content (AvgIpc) is 2.53. The molecule has 0 N–H and O–H groups in total. The molecule has 0 unspecified atom stereocenters.